The molecule has 2 aromatic heterocycles. The van der Waals surface area contributed by atoms with Crippen molar-refractivity contribution in [1.82, 2.24) is 15.0 Å². The molecule has 0 radical (unpaired) electrons. The van der Waals surface area contributed by atoms with Crippen molar-refractivity contribution >= 4 is 31.9 Å². The van der Waals surface area contributed by atoms with E-state index in [1.165, 1.54) is 0 Å². The quantitative estimate of drug-likeness (QED) is 0.916. The van der Waals surface area contributed by atoms with E-state index in [1.807, 2.05) is 12.1 Å². The number of aromatic nitrogens is 3. The van der Waals surface area contributed by atoms with Gasteiger partial charge in [-0.1, -0.05) is 0 Å². The first-order valence-electron chi connectivity index (χ1n) is 5.04. The predicted molar refractivity (Wildman–Crippen MR) is 73.4 cm³/mol. The third-order valence-corrected chi connectivity index (χ3v) is 3.17. The van der Waals surface area contributed by atoms with Gasteiger partial charge in [0, 0.05) is 33.5 Å². The lowest BCUT2D eigenvalue weighted by Gasteiger charge is -2.04. The van der Waals surface area contributed by atoms with Gasteiger partial charge in [-0.2, -0.15) is 0 Å². The summed E-state index contributed by atoms with van der Waals surface area (Å²) in [5, 5.41) is 0. The van der Waals surface area contributed by atoms with E-state index in [0.29, 0.717) is 12.4 Å². The summed E-state index contributed by atoms with van der Waals surface area (Å²) in [5.74, 6) is 0.607. The van der Waals surface area contributed by atoms with Gasteiger partial charge in [0.15, 0.2) is 5.82 Å². The summed E-state index contributed by atoms with van der Waals surface area (Å²) in [5.41, 5.74) is 7.16. The lowest BCUT2D eigenvalue weighted by molar-refractivity contribution is 0.910. The van der Waals surface area contributed by atoms with Crippen molar-refractivity contribution in [3.63, 3.8) is 0 Å². The third-order valence-electron chi connectivity index (χ3n) is 2.13. The molecule has 17 heavy (non-hydrogen) atoms. The molecule has 0 saturated heterocycles. The fourth-order valence-electron chi connectivity index (χ4n) is 1.38. The minimum absolute atomic E-state index is 0.575. The molecule has 4 nitrogen and oxygen atoms in total. The zero-order valence-electron chi connectivity index (χ0n) is 8.90. The normalized spacial score (nSPS) is 10.5. The average molecular weight is 358 g/mol. The van der Waals surface area contributed by atoms with E-state index in [9.17, 15) is 0 Å². The van der Waals surface area contributed by atoms with Crippen LogP contribution in [0.2, 0.25) is 0 Å². The predicted octanol–water partition coefficient (Wildman–Crippen LogP) is 2.56. The Hall–Kier alpha value is -0.850. The maximum absolute atomic E-state index is 5.51. The first kappa shape index (κ1) is 12.6. The second-order valence-corrected chi connectivity index (χ2v) is 5.16. The smallest absolute Gasteiger partial charge is 0.179 e. The van der Waals surface area contributed by atoms with Gasteiger partial charge < -0.3 is 5.73 Å². The van der Waals surface area contributed by atoms with E-state index < -0.39 is 0 Å². The number of nitrogens with zero attached hydrogens (tertiary/aromatic N) is 3. The molecule has 0 fully saturated rings. The Morgan fingerprint density at radius 1 is 1.24 bits per heavy atom. The van der Waals surface area contributed by atoms with Crippen LogP contribution < -0.4 is 5.73 Å². The van der Waals surface area contributed by atoms with Crippen LogP contribution in [-0.2, 0) is 6.42 Å². The lowest BCUT2D eigenvalue weighted by atomic mass is 10.3. The molecule has 0 aromatic carbocycles. The highest BCUT2D eigenvalue weighted by molar-refractivity contribution is 9.11. The van der Waals surface area contributed by atoms with Crippen LogP contribution >= 0.6 is 31.9 Å². The maximum atomic E-state index is 5.51. The fourth-order valence-corrected chi connectivity index (χ4v) is 2.54. The third kappa shape index (κ3) is 3.08. The minimum atomic E-state index is 0.575. The van der Waals surface area contributed by atoms with Gasteiger partial charge in [0.2, 0.25) is 0 Å². The molecule has 2 aromatic rings. The molecule has 0 atom stereocenters. The lowest BCUT2D eigenvalue weighted by Crippen LogP contribution is -2.05. The van der Waals surface area contributed by atoms with E-state index in [4.69, 9.17) is 5.73 Å². The van der Waals surface area contributed by atoms with Crippen LogP contribution in [-0.4, -0.2) is 21.5 Å². The summed E-state index contributed by atoms with van der Waals surface area (Å²) in [7, 11) is 0. The summed E-state index contributed by atoms with van der Waals surface area (Å²) in [6.07, 6.45) is 4.19. The van der Waals surface area contributed by atoms with Gasteiger partial charge >= 0.3 is 0 Å². The number of nitrogens with two attached hydrogens (primary N) is 1. The van der Waals surface area contributed by atoms with Crippen molar-refractivity contribution in [2.24, 2.45) is 5.73 Å². The molecule has 0 aliphatic rings. The van der Waals surface area contributed by atoms with Crippen LogP contribution in [0.1, 0.15) is 5.69 Å². The van der Waals surface area contributed by atoms with Gasteiger partial charge in [-0.15, -0.1) is 0 Å². The van der Waals surface area contributed by atoms with Crippen molar-refractivity contribution in [2.75, 3.05) is 6.54 Å². The Bertz CT molecular complexity index is 531. The zero-order chi connectivity index (χ0) is 12.3. The van der Waals surface area contributed by atoms with Gasteiger partial charge in [-0.25, -0.2) is 9.97 Å². The molecule has 0 amide bonds. The zero-order valence-corrected chi connectivity index (χ0v) is 12.1. The number of halogens is 2. The average Bonchev–Trinajstić information content (AvgIpc) is 2.29. The number of pyridine rings is 1. The fraction of sp³-hybridized carbons (Fsp3) is 0.182. The van der Waals surface area contributed by atoms with Crippen molar-refractivity contribution in [2.45, 2.75) is 6.42 Å². The Balaban J connectivity index is 2.42. The minimum Gasteiger partial charge on any atom is -0.330 e. The van der Waals surface area contributed by atoms with Crippen LogP contribution in [0.25, 0.3) is 11.5 Å². The largest absolute Gasteiger partial charge is 0.330 e. The molecule has 2 N–H and O–H groups in total. The number of rotatable bonds is 3. The van der Waals surface area contributed by atoms with E-state index in [0.717, 1.165) is 26.8 Å². The topological polar surface area (TPSA) is 64.7 Å². The van der Waals surface area contributed by atoms with Gasteiger partial charge in [0.25, 0.3) is 0 Å². The monoisotopic (exact) mass is 356 g/mol. The van der Waals surface area contributed by atoms with Gasteiger partial charge in [0.05, 0.1) is 0 Å². The standard InChI is InChI=1S/C11H10Br2N4/c12-7-5-9(13)10(16-6-7)11-15-4-2-8(17-11)1-3-14/h2,4-6H,1,3,14H2. The molecule has 0 aliphatic heterocycles. The second-order valence-electron chi connectivity index (χ2n) is 3.39. The molecule has 0 bridgehead atoms. The van der Waals surface area contributed by atoms with Crippen LogP contribution in [0.15, 0.2) is 33.5 Å². The summed E-state index contributed by atoms with van der Waals surface area (Å²) in [6, 6.07) is 3.78. The van der Waals surface area contributed by atoms with Crippen molar-refractivity contribution in [3.8, 4) is 11.5 Å². The van der Waals surface area contributed by atoms with Crippen LogP contribution in [0.3, 0.4) is 0 Å². The first-order chi connectivity index (χ1) is 8.20. The highest BCUT2D eigenvalue weighted by Gasteiger charge is 2.08. The van der Waals surface area contributed by atoms with Gasteiger partial charge in [-0.3, -0.25) is 4.98 Å². The summed E-state index contributed by atoms with van der Waals surface area (Å²) in [6.45, 7) is 0.575. The van der Waals surface area contributed by atoms with Crippen molar-refractivity contribution < 1.29 is 0 Å². The Labute approximate surface area is 116 Å². The van der Waals surface area contributed by atoms with Crippen molar-refractivity contribution in [1.29, 1.82) is 0 Å². The molecular formula is C11H10Br2N4. The van der Waals surface area contributed by atoms with E-state index in [2.05, 4.69) is 46.8 Å². The molecule has 0 spiro atoms. The Kier molecular flexibility index (Phi) is 4.20. The van der Waals surface area contributed by atoms with E-state index >= 15 is 0 Å². The van der Waals surface area contributed by atoms with Crippen LogP contribution in [0.4, 0.5) is 0 Å². The molecule has 0 saturated carbocycles. The summed E-state index contributed by atoms with van der Waals surface area (Å²) < 4.78 is 1.77. The summed E-state index contributed by atoms with van der Waals surface area (Å²) in [4.78, 5) is 12.9. The summed E-state index contributed by atoms with van der Waals surface area (Å²) >= 11 is 6.81. The molecule has 2 heterocycles. The maximum Gasteiger partial charge on any atom is 0.179 e. The van der Waals surface area contributed by atoms with Crippen molar-refractivity contribution in [3.05, 3.63) is 39.2 Å². The van der Waals surface area contributed by atoms with E-state index in [-0.39, 0.29) is 0 Å². The Morgan fingerprint density at radius 2 is 2.06 bits per heavy atom. The van der Waals surface area contributed by atoms with Crippen LogP contribution in [0.5, 0.6) is 0 Å². The highest BCUT2D eigenvalue weighted by Crippen LogP contribution is 2.25. The highest BCUT2D eigenvalue weighted by atomic mass is 79.9. The molecule has 88 valence electrons. The number of hydrogen-bond acceptors (Lipinski definition) is 4. The molecule has 0 unspecified atom stereocenters. The first-order valence-corrected chi connectivity index (χ1v) is 6.62. The van der Waals surface area contributed by atoms with E-state index in [1.54, 1.807) is 12.4 Å². The molecule has 6 heteroatoms. The van der Waals surface area contributed by atoms with Gasteiger partial charge in [-0.05, 0) is 50.5 Å². The number of hydrogen-bond donors (Lipinski definition) is 1. The SMILES string of the molecule is NCCc1ccnc(-c2ncc(Br)cc2Br)n1. The molecular weight excluding hydrogens is 348 g/mol. The van der Waals surface area contributed by atoms with Crippen LogP contribution in [0, 0.1) is 0 Å². The van der Waals surface area contributed by atoms with Gasteiger partial charge in [0.1, 0.15) is 5.69 Å². The molecule has 0 aliphatic carbocycles. The second kappa shape index (κ2) is 5.66. The molecule has 2 rings (SSSR count). The Morgan fingerprint density at radius 3 is 2.76 bits per heavy atom.